The first-order valence-corrected chi connectivity index (χ1v) is 7.31. The summed E-state index contributed by atoms with van der Waals surface area (Å²) >= 11 is 0. The first-order chi connectivity index (χ1) is 10.6. The lowest BCUT2D eigenvalue weighted by atomic mass is 10.2. The van der Waals surface area contributed by atoms with Crippen molar-refractivity contribution in [3.8, 4) is 5.75 Å². The van der Waals surface area contributed by atoms with Crippen molar-refractivity contribution < 1.29 is 9.53 Å². The first kappa shape index (κ1) is 15.9. The number of benzene rings is 2. The summed E-state index contributed by atoms with van der Waals surface area (Å²) in [6, 6.07) is 15.8. The Bertz CT molecular complexity index is 626. The van der Waals surface area contributed by atoms with Gasteiger partial charge in [-0.3, -0.25) is 4.79 Å². The molecule has 0 atom stereocenters. The van der Waals surface area contributed by atoms with Gasteiger partial charge in [0.15, 0.2) is 0 Å². The van der Waals surface area contributed by atoms with Crippen LogP contribution < -0.4 is 15.0 Å². The molecule has 0 bridgehead atoms. The summed E-state index contributed by atoms with van der Waals surface area (Å²) in [6.07, 6.45) is 0.419. The van der Waals surface area contributed by atoms with Crippen molar-refractivity contribution >= 4 is 17.3 Å². The number of nitrogens with zero attached hydrogens (tertiary/aromatic N) is 1. The smallest absolute Gasteiger partial charge is 0.226 e. The largest absolute Gasteiger partial charge is 0.495 e. The van der Waals surface area contributed by atoms with E-state index >= 15 is 0 Å². The van der Waals surface area contributed by atoms with E-state index in [2.05, 4.69) is 10.2 Å². The van der Waals surface area contributed by atoms with Gasteiger partial charge in [0.05, 0.1) is 12.8 Å². The maximum atomic E-state index is 12.1. The summed E-state index contributed by atoms with van der Waals surface area (Å²) in [4.78, 5) is 14.2. The summed E-state index contributed by atoms with van der Waals surface area (Å²) in [5, 5.41) is 2.92. The number of ether oxygens (including phenoxy) is 1. The third-order valence-corrected chi connectivity index (χ3v) is 3.50. The van der Waals surface area contributed by atoms with Crippen molar-refractivity contribution in [2.45, 2.75) is 13.3 Å². The summed E-state index contributed by atoms with van der Waals surface area (Å²) in [6.45, 7) is 2.64. The van der Waals surface area contributed by atoms with E-state index in [0.29, 0.717) is 18.7 Å². The fourth-order valence-electron chi connectivity index (χ4n) is 2.21. The van der Waals surface area contributed by atoms with Gasteiger partial charge in [-0.25, -0.2) is 0 Å². The number of nitrogens with one attached hydrogen (secondary N) is 1. The average molecular weight is 298 g/mol. The molecule has 0 saturated heterocycles. The lowest BCUT2D eigenvalue weighted by Gasteiger charge is -2.19. The molecule has 0 aliphatic heterocycles. The van der Waals surface area contributed by atoms with E-state index in [9.17, 15) is 4.79 Å². The molecule has 0 radical (unpaired) electrons. The zero-order valence-electron chi connectivity index (χ0n) is 13.3. The number of aryl methyl sites for hydroxylation is 1. The van der Waals surface area contributed by atoms with Gasteiger partial charge in [-0.1, -0.05) is 24.3 Å². The molecule has 4 nitrogen and oxygen atoms in total. The van der Waals surface area contributed by atoms with E-state index in [4.69, 9.17) is 4.74 Å². The highest BCUT2D eigenvalue weighted by Crippen LogP contribution is 2.25. The molecule has 1 amide bonds. The molecule has 0 spiro atoms. The Morgan fingerprint density at radius 2 is 1.91 bits per heavy atom. The minimum absolute atomic E-state index is 0.0216. The number of hydrogen-bond donors (Lipinski definition) is 1. The molecular weight excluding hydrogens is 276 g/mol. The Morgan fingerprint density at radius 1 is 1.18 bits per heavy atom. The Morgan fingerprint density at radius 3 is 2.59 bits per heavy atom. The Kier molecular flexibility index (Phi) is 5.42. The second kappa shape index (κ2) is 7.50. The summed E-state index contributed by atoms with van der Waals surface area (Å²) in [7, 11) is 3.58. The minimum atomic E-state index is -0.0216. The van der Waals surface area contributed by atoms with Gasteiger partial charge < -0.3 is 15.0 Å². The molecule has 0 heterocycles. The van der Waals surface area contributed by atoms with Crippen LogP contribution in [0.3, 0.4) is 0 Å². The van der Waals surface area contributed by atoms with E-state index in [1.54, 1.807) is 7.11 Å². The molecule has 2 rings (SSSR count). The SMILES string of the molecule is COc1ccc(C)cc1NC(=O)CCN(C)c1ccccc1. The summed E-state index contributed by atoms with van der Waals surface area (Å²) < 4.78 is 5.27. The average Bonchev–Trinajstić information content (AvgIpc) is 2.53. The monoisotopic (exact) mass is 298 g/mol. The second-order valence-corrected chi connectivity index (χ2v) is 5.26. The quantitative estimate of drug-likeness (QED) is 0.888. The summed E-state index contributed by atoms with van der Waals surface area (Å²) in [5.74, 6) is 0.655. The van der Waals surface area contributed by atoms with E-state index in [0.717, 1.165) is 16.9 Å². The number of para-hydroxylation sites is 1. The van der Waals surface area contributed by atoms with Crippen LogP contribution in [0.15, 0.2) is 48.5 Å². The Balaban J connectivity index is 1.92. The van der Waals surface area contributed by atoms with Crippen molar-refractivity contribution in [3.05, 3.63) is 54.1 Å². The third-order valence-electron chi connectivity index (χ3n) is 3.50. The first-order valence-electron chi connectivity index (χ1n) is 7.31. The molecule has 0 unspecified atom stereocenters. The van der Waals surface area contributed by atoms with E-state index in [-0.39, 0.29) is 5.91 Å². The van der Waals surface area contributed by atoms with Gasteiger partial charge >= 0.3 is 0 Å². The normalized spacial score (nSPS) is 10.1. The van der Waals surface area contributed by atoms with Gasteiger partial charge in [0.25, 0.3) is 0 Å². The van der Waals surface area contributed by atoms with Gasteiger partial charge in [0, 0.05) is 25.7 Å². The van der Waals surface area contributed by atoms with Crippen LogP contribution in [0.4, 0.5) is 11.4 Å². The predicted octanol–water partition coefficient (Wildman–Crippen LogP) is 3.47. The number of amides is 1. The van der Waals surface area contributed by atoms with Gasteiger partial charge in [0.1, 0.15) is 5.75 Å². The molecule has 0 aliphatic carbocycles. The molecule has 22 heavy (non-hydrogen) atoms. The molecule has 0 fully saturated rings. The van der Waals surface area contributed by atoms with Crippen molar-refractivity contribution in [2.75, 3.05) is 30.9 Å². The van der Waals surface area contributed by atoms with Gasteiger partial charge in [-0.15, -0.1) is 0 Å². The number of methoxy groups -OCH3 is 1. The van der Waals surface area contributed by atoms with Crippen LogP contribution in [-0.2, 0) is 4.79 Å². The highest BCUT2D eigenvalue weighted by molar-refractivity contribution is 5.92. The molecule has 0 saturated carbocycles. The van der Waals surface area contributed by atoms with Crippen molar-refractivity contribution in [1.82, 2.24) is 0 Å². The maximum absolute atomic E-state index is 12.1. The topological polar surface area (TPSA) is 41.6 Å². The molecular formula is C18H22N2O2. The minimum Gasteiger partial charge on any atom is -0.495 e. The molecule has 0 aromatic heterocycles. The lowest BCUT2D eigenvalue weighted by molar-refractivity contribution is -0.116. The van der Waals surface area contributed by atoms with Crippen molar-refractivity contribution in [2.24, 2.45) is 0 Å². The van der Waals surface area contributed by atoms with Crippen molar-refractivity contribution in [3.63, 3.8) is 0 Å². The van der Waals surface area contributed by atoms with Crippen LogP contribution in [0.2, 0.25) is 0 Å². The lowest BCUT2D eigenvalue weighted by Crippen LogP contribution is -2.24. The van der Waals surface area contributed by atoms with Gasteiger partial charge in [-0.05, 0) is 36.8 Å². The van der Waals surface area contributed by atoms with Crippen LogP contribution >= 0.6 is 0 Å². The van der Waals surface area contributed by atoms with Crippen LogP contribution in [-0.4, -0.2) is 26.6 Å². The zero-order chi connectivity index (χ0) is 15.9. The van der Waals surface area contributed by atoms with Crippen LogP contribution in [0, 0.1) is 6.92 Å². The van der Waals surface area contributed by atoms with E-state index < -0.39 is 0 Å². The highest BCUT2D eigenvalue weighted by Gasteiger charge is 2.09. The maximum Gasteiger partial charge on any atom is 0.226 e. The fraction of sp³-hybridized carbons (Fsp3) is 0.278. The summed E-state index contributed by atoms with van der Waals surface area (Å²) in [5.41, 5.74) is 2.90. The standard InChI is InChI=1S/C18H22N2O2/c1-14-9-10-17(22-3)16(13-14)19-18(21)11-12-20(2)15-7-5-4-6-8-15/h4-10,13H,11-12H2,1-3H3,(H,19,21). The number of anilines is 2. The van der Waals surface area contributed by atoms with Crippen molar-refractivity contribution in [1.29, 1.82) is 0 Å². The van der Waals surface area contributed by atoms with E-state index in [1.807, 2.05) is 62.5 Å². The molecule has 1 N–H and O–H groups in total. The van der Waals surface area contributed by atoms with Crippen LogP contribution in [0.5, 0.6) is 5.75 Å². The predicted molar refractivity (Wildman–Crippen MR) is 90.7 cm³/mol. The number of carbonyl (C=O) groups excluding carboxylic acids is 1. The Hall–Kier alpha value is -2.49. The van der Waals surface area contributed by atoms with Crippen LogP contribution in [0.25, 0.3) is 0 Å². The molecule has 0 aliphatic rings. The molecule has 2 aromatic rings. The molecule has 2 aromatic carbocycles. The van der Waals surface area contributed by atoms with Gasteiger partial charge in [-0.2, -0.15) is 0 Å². The van der Waals surface area contributed by atoms with Crippen LogP contribution in [0.1, 0.15) is 12.0 Å². The number of hydrogen-bond acceptors (Lipinski definition) is 3. The molecule has 116 valence electrons. The third kappa shape index (κ3) is 4.25. The second-order valence-electron chi connectivity index (χ2n) is 5.26. The highest BCUT2D eigenvalue weighted by atomic mass is 16.5. The van der Waals surface area contributed by atoms with E-state index in [1.165, 1.54) is 0 Å². The number of carbonyl (C=O) groups is 1. The number of rotatable bonds is 6. The van der Waals surface area contributed by atoms with Gasteiger partial charge in [0.2, 0.25) is 5.91 Å². The molecule has 4 heteroatoms. The zero-order valence-corrected chi connectivity index (χ0v) is 13.3. The Labute approximate surface area is 131 Å². The fourth-order valence-corrected chi connectivity index (χ4v) is 2.21.